The molecule has 2 heterocycles. The molecule has 0 N–H and O–H groups in total. The first-order valence-electron chi connectivity index (χ1n) is 21.4. The van der Waals surface area contributed by atoms with Crippen LogP contribution >= 0.6 is 23.5 Å². The van der Waals surface area contributed by atoms with Gasteiger partial charge >= 0.3 is 0 Å². The van der Waals surface area contributed by atoms with Crippen molar-refractivity contribution in [2.75, 3.05) is 9.80 Å². The van der Waals surface area contributed by atoms with Gasteiger partial charge in [0.15, 0.2) is 0 Å². The van der Waals surface area contributed by atoms with Crippen molar-refractivity contribution in [3.8, 4) is 11.1 Å². The number of hydrogen-bond acceptors (Lipinski definition) is 4. The molecule has 0 spiro atoms. The standard InChI is InChI=1S/C58H38N2S2/c1-3-21-39-37(17-1)19-13-23-41(39)55-43-25-15-32-50(60-47-29-7-11-35-53(47)62-54-36-12-8-30-48(54)60)58(43)56(42-24-14-20-38-18-2-4-22-40(38)42)44-26-16-31-49(57(44)55)59-45-27-5-9-33-51(45)61-52-34-10-6-28-46(52)59/h1-13,15-23,25-36H,14,24H2. The maximum absolute atomic E-state index is 2.55. The molecule has 2 aliphatic heterocycles. The predicted molar refractivity (Wildman–Crippen MR) is 264 cm³/mol. The SMILES string of the molecule is C1=c2ccccc2=C(c2c3cccc(N4c5ccccc5Sc5ccccc54)c3c(-c3cccc4ccccc34)c3cccc(N4c5ccccc5Sc5ccccc54)c23)CC1. The molecule has 2 nitrogen and oxygen atoms in total. The van der Waals surface area contributed by atoms with Crippen molar-refractivity contribution in [1.29, 1.82) is 0 Å². The van der Waals surface area contributed by atoms with Crippen molar-refractivity contribution in [2.24, 2.45) is 0 Å². The van der Waals surface area contributed by atoms with Crippen LogP contribution in [0, 0.1) is 0 Å². The van der Waals surface area contributed by atoms with Crippen molar-refractivity contribution >= 4 is 102 Å². The van der Waals surface area contributed by atoms with E-state index in [-0.39, 0.29) is 0 Å². The molecule has 0 aromatic heterocycles. The van der Waals surface area contributed by atoms with Gasteiger partial charge in [0.2, 0.25) is 0 Å². The summed E-state index contributed by atoms with van der Waals surface area (Å²) >= 11 is 3.72. The molecule has 10 aromatic carbocycles. The van der Waals surface area contributed by atoms with Crippen LogP contribution in [0.25, 0.3) is 55.1 Å². The maximum Gasteiger partial charge on any atom is 0.0601 e. The first-order valence-corrected chi connectivity index (χ1v) is 23.0. The van der Waals surface area contributed by atoms with Crippen molar-refractivity contribution < 1.29 is 0 Å². The van der Waals surface area contributed by atoms with Gasteiger partial charge in [0.05, 0.1) is 34.1 Å². The van der Waals surface area contributed by atoms with Gasteiger partial charge in [-0.1, -0.05) is 169 Å². The fourth-order valence-corrected chi connectivity index (χ4v) is 12.5. The van der Waals surface area contributed by atoms with E-state index in [1.54, 1.807) is 0 Å². The van der Waals surface area contributed by atoms with Crippen molar-refractivity contribution in [3.05, 3.63) is 216 Å². The van der Waals surface area contributed by atoms with Gasteiger partial charge in [-0.3, -0.25) is 0 Å². The van der Waals surface area contributed by atoms with Crippen LogP contribution < -0.4 is 20.2 Å². The van der Waals surface area contributed by atoms with E-state index in [4.69, 9.17) is 0 Å². The fourth-order valence-electron chi connectivity index (χ4n) is 10.3. The van der Waals surface area contributed by atoms with Crippen LogP contribution in [0.5, 0.6) is 0 Å². The first-order chi connectivity index (χ1) is 30.8. The van der Waals surface area contributed by atoms with Gasteiger partial charge in [-0.15, -0.1) is 0 Å². The molecule has 0 radical (unpaired) electrons. The Morgan fingerprint density at radius 2 is 0.790 bits per heavy atom. The predicted octanol–water partition coefficient (Wildman–Crippen LogP) is 15.5. The lowest BCUT2D eigenvalue weighted by Gasteiger charge is -2.36. The Morgan fingerprint density at radius 3 is 1.40 bits per heavy atom. The van der Waals surface area contributed by atoms with Crippen LogP contribution in [-0.4, -0.2) is 0 Å². The minimum atomic E-state index is 0.947. The maximum atomic E-state index is 2.55. The van der Waals surface area contributed by atoms with Crippen LogP contribution in [0.4, 0.5) is 34.1 Å². The molecule has 0 unspecified atom stereocenters. The van der Waals surface area contributed by atoms with Gasteiger partial charge in [-0.2, -0.15) is 0 Å². The summed E-state index contributed by atoms with van der Waals surface area (Å²) in [5.41, 5.74) is 12.4. The minimum absolute atomic E-state index is 0.947. The zero-order valence-electron chi connectivity index (χ0n) is 33.8. The van der Waals surface area contributed by atoms with Crippen LogP contribution in [-0.2, 0) is 0 Å². The zero-order valence-corrected chi connectivity index (χ0v) is 35.4. The zero-order chi connectivity index (χ0) is 40.7. The van der Waals surface area contributed by atoms with Gasteiger partial charge in [0.25, 0.3) is 0 Å². The summed E-state index contributed by atoms with van der Waals surface area (Å²) in [7, 11) is 0. The van der Waals surface area contributed by atoms with E-state index in [1.165, 1.54) is 119 Å². The third-order valence-electron chi connectivity index (χ3n) is 12.9. The third-order valence-corrected chi connectivity index (χ3v) is 15.1. The Morgan fingerprint density at radius 1 is 0.355 bits per heavy atom. The van der Waals surface area contributed by atoms with Crippen LogP contribution in [0.3, 0.4) is 0 Å². The van der Waals surface area contributed by atoms with Crippen molar-refractivity contribution in [2.45, 2.75) is 32.4 Å². The molecular formula is C58H38N2S2. The van der Waals surface area contributed by atoms with E-state index in [0.717, 1.165) is 12.8 Å². The molecule has 0 atom stereocenters. The molecule has 0 bridgehead atoms. The highest BCUT2D eigenvalue weighted by Crippen LogP contribution is 2.58. The van der Waals surface area contributed by atoms with Gasteiger partial charge in [-0.25, -0.2) is 0 Å². The lowest BCUT2D eigenvalue weighted by Crippen LogP contribution is -2.29. The second-order valence-electron chi connectivity index (χ2n) is 16.2. The largest absolute Gasteiger partial charge is 0.308 e. The van der Waals surface area contributed by atoms with Gasteiger partial charge in [0, 0.05) is 35.9 Å². The van der Waals surface area contributed by atoms with Gasteiger partial charge in [-0.05, 0) is 122 Å². The van der Waals surface area contributed by atoms with Crippen molar-refractivity contribution in [3.63, 3.8) is 0 Å². The number of anilines is 6. The smallest absolute Gasteiger partial charge is 0.0601 e. The Labute approximate surface area is 369 Å². The number of benzene rings is 10. The molecule has 0 saturated carbocycles. The number of nitrogens with zero attached hydrogens (tertiary/aromatic N) is 2. The average Bonchev–Trinajstić information content (AvgIpc) is 3.33. The average molecular weight is 827 g/mol. The van der Waals surface area contributed by atoms with Gasteiger partial charge < -0.3 is 9.80 Å². The minimum Gasteiger partial charge on any atom is -0.308 e. The number of rotatable bonds is 4. The monoisotopic (exact) mass is 826 g/mol. The second kappa shape index (κ2) is 14.3. The molecular weight excluding hydrogens is 789 g/mol. The first kappa shape index (κ1) is 35.7. The molecule has 0 saturated heterocycles. The van der Waals surface area contributed by atoms with Gasteiger partial charge in [0.1, 0.15) is 0 Å². The number of para-hydroxylation sites is 4. The highest BCUT2D eigenvalue weighted by Gasteiger charge is 2.32. The Balaban J connectivity index is 1.27. The lowest BCUT2D eigenvalue weighted by atomic mass is 9.81. The van der Waals surface area contributed by atoms with E-state index in [9.17, 15) is 0 Å². The molecule has 62 heavy (non-hydrogen) atoms. The normalized spacial score (nSPS) is 13.9. The summed E-state index contributed by atoms with van der Waals surface area (Å²) in [5, 5.41) is 10.1. The second-order valence-corrected chi connectivity index (χ2v) is 18.4. The Bertz CT molecular complexity index is 3530. The molecule has 10 aromatic rings. The molecule has 1 aliphatic carbocycles. The summed E-state index contributed by atoms with van der Waals surface area (Å²) in [5.74, 6) is 0. The molecule has 0 amide bonds. The Hall–Kier alpha value is -6.98. The third kappa shape index (κ3) is 5.40. The molecule has 0 fully saturated rings. The summed E-state index contributed by atoms with van der Waals surface area (Å²) in [6.07, 6.45) is 4.36. The summed E-state index contributed by atoms with van der Waals surface area (Å²) < 4.78 is 0. The van der Waals surface area contributed by atoms with Crippen LogP contribution in [0.15, 0.2) is 220 Å². The summed E-state index contributed by atoms with van der Waals surface area (Å²) in [6, 6.07) is 74.6. The van der Waals surface area contributed by atoms with E-state index >= 15 is 0 Å². The van der Waals surface area contributed by atoms with E-state index < -0.39 is 0 Å². The quantitative estimate of drug-likeness (QED) is 0.163. The number of fused-ring (bicyclic) bond motifs is 8. The number of hydrogen-bond donors (Lipinski definition) is 0. The highest BCUT2D eigenvalue weighted by molar-refractivity contribution is 8.00. The fraction of sp³-hybridized carbons (Fsp3) is 0.0345. The lowest BCUT2D eigenvalue weighted by molar-refractivity contribution is 1.08. The molecule has 4 heteroatoms. The summed E-state index contributed by atoms with van der Waals surface area (Å²) in [4.78, 5) is 10.1. The van der Waals surface area contributed by atoms with Crippen LogP contribution in [0.1, 0.15) is 18.4 Å². The summed E-state index contributed by atoms with van der Waals surface area (Å²) in [6.45, 7) is 0. The van der Waals surface area contributed by atoms with Crippen molar-refractivity contribution in [1.82, 2.24) is 0 Å². The Kier molecular flexibility index (Phi) is 8.25. The molecule has 292 valence electrons. The van der Waals surface area contributed by atoms with Crippen LogP contribution in [0.2, 0.25) is 0 Å². The van der Waals surface area contributed by atoms with E-state index in [1.807, 2.05) is 23.5 Å². The highest BCUT2D eigenvalue weighted by atomic mass is 32.2. The molecule has 13 rings (SSSR count). The molecule has 3 aliphatic rings. The van der Waals surface area contributed by atoms with E-state index in [2.05, 4.69) is 216 Å². The van der Waals surface area contributed by atoms with E-state index in [0.29, 0.717) is 0 Å². The topological polar surface area (TPSA) is 6.48 Å².